The Balaban J connectivity index is 2.05. The molecule has 0 spiro atoms. The molecule has 0 aromatic heterocycles. The maximum Gasteiger partial charge on any atom is 0.271 e. The van der Waals surface area contributed by atoms with Gasteiger partial charge >= 0.3 is 0 Å². The molecule has 0 radical (unpaired) electrons. The van der Waals surface area contributed by atoms with Crippen LogP contribution < -0.4 is 10.3 Å². The van der Waals surface area contributed by atoms with Gasteiger partial charge < -0.3 is 4.90 Å². The van der Waals surface area contributed by atoms with E-state index in [0.717, 1.165) is 5.69 Å². The lowest BCUT2D eigenvalue weighted by atomic mass is 10.2. The maximum atomic E-state index is 12.0. The fourth-order valence-corrected chi connectivity index (χ4v) is 2.26. The number of halogens is 2. The first kappa shape index (κ1) is 16.3. The van der Waals surface area contributed by atoms with Gasteiger partial charge in [-0.05, 0) is 36.4 Å². The molecular weight excluding hydrogens is 321 g/mol. The van der Waals surface area contributed by atoms with E-state index in [1.54, 1.807) is 30.3 Å². The van der Waals surface area contributed by atoms with Crippen molar-refractivity contribution in [2.75, 3.05) is 19.0 Å². The van der Waals surface area contributed by atoms with Crippen LogP contribution >= 0.6 is 23.2 Å². The first-order valence-corrected chi connectivity index (χ1v) is 7.29. The zero-order valence-electron chi connectivity index (χ0n) is 12.2. The Kier molecular flexibility index (Phi) is 5.41. The van der Waals surface area contributed by atoms with Crippen LogP contribution in [0.4, 0.5) is 5.69 Å². The van der Waals surface area contributed by atoms with Crippen LogP contribution in [0.15, 0.2) is 47.6 Å². The molecule has 0 aliphatic heterocycles. The van der Waals surface area contributed by atoms with Crippen molar-refractivity contribution in [1.29, 1.82) is 0 Å². The van der Waals surface area contributed by atoms with Gasteiger partial charge in [0.25, 0.3) is 5.91 Å². The lowest BCUT2D eigenvalue weighted by Gasteiger charge is -2.12. The molecule has 0 saturated carbocycles. The zero-order valence-corrected chi connectivity index (χ0v) is 13.7. The fourth-order valence-electron chi connectivity index (χ4n) is 1.76. The summed E-state index contributed by atoms with van der Waals surface area (Å²) in [7, 11) is 3.87. The molecule has 2 aromatic rings. The smallest absolute Gasteiger partial charge is 0.271 e. The van der Waals surface area contributed by atoms with Crippen LogP contribution in [0.5, 0.6) is 0 Å². The molecular formula is C16H15Cl2N3O. The highest BCUT2D eigenvalue weighted by molar-refractivity contribution is 6.38. The molecule has 0 unspecified atom stereocenters. The molecule has 0 heterocycles. The summed E-state index contributed by atoms with van der Waals surface area (Å²) in [6, 6.07) is 12.4. The van der Waals surface area contributed by atoms with E-state index in [1.165, 1.54) is 6.21 Å². The van der Waals surface area contributed by atoms with Gasteiger partial charge in [0.05, 0.1) is 16.3 Å². The monoisotopic (exact) mass is 335 g/mol. The molecule has 0 aliphatic rings. The number of amides is 1. The lowest BCUT2D eigenvalue weighted by Crippen LogP contribution is -2.18. The minimum absolute atomic E-state index is 0.301. The molecule has 4 nitrogen and oxygen atoms in total. The van der Waals surface area contributed by atoms with E-state index in [-0.39, 0.29) is 5.91 Å². The van der Waals surface area contributed by atoms with Crippen LogP contribution in [0.25, 0.3) is 0 Å². The molecule has 114 valence electrons. The number of rotatable bonds is 4. The highest BCUT2D eigenvalue weighted by atomic mass is 35.5. The van der Waals surface area contributed by atoms with E-state index in [9.17, 15) is 4.79 Å². The molecule has 0 aliphatic carbocycles. The van der Waals surface area contributed by atoms with Crippen LogP contribution in [-0.2, 0) is 0 Å². The number of hydrogen-bond donors (Lipinski definition) is 1. The summed E-state index contributed by atoms with van der Waals surface area (Å²) in [5, 5.41) is 4.84. The highest BCUT2D eigenvalue weighted by Gasteiger charge is 2.05. The van der Waals surface area contributed by atoms with Crippen molar-refractivity contribution in [1.82, 2.24) is 5.43 Å². The Hall–Kier alpha value is -2.04. The SMILES string of the molecule is CN(C)c1ccc(C(=O)NN=Cc2c(Cl)cccc2Cl)cc1. The largest absolute Gasteiger partial charge is 0.378 e. The third kappa shape index (κ3) is 4.00. The second-order valence-corrected chi connectivity index (χ2v) is 5.59. The van der Waals surface area contributed by atoms with Gasteiger partial charge in [-0.1, -0.05) is 29.3 Å². The topological polar surface area (TPSA) is 44.7 Å². The summed E-state index contributed by atoms with van der Waals surface area (Å²) in [4.78, 5) is 13.9. The van der Waals surface area contributed by atoms with E-state index < -0.39 is 0 Å². The van der Waals surface area contributed by atoms with Gasteiger partial charge in [0.15, 0.2) is 0 Å². The average Bonchev–Trinajstić information content (AvgIpc) is 2.50. The summed E-state index contributed by atoms with van der Waals surface area (Å²) >= 11 is 12.0. The Morgan fingerprint density at radius 2 is 1.68 bits per heavy atom. The van der Waals surface area contributed by atoms with Crippen LogP contribution in [0.3, 0.4) is 0 Å². The molecule has 22 heavy (non-hydrogen) atoms. The molecule has 2 rings (SSSR count). The quantitative estimate of drug-likeness (QED) is 0.681. The highest BCUT2D eigenvalue weighted by Crippen LogP contribution is 2.22. The van der Waals surface area contributed by atoms with Crippen LogP contribution in [0.2, 0.25) is 10.0 Å². The van der Waals surface area contributed by atoms with E-state index in [1.807, 2.05) is 31.1 Å². The molecule has 2 aromatic carbocycles. The van der Waals surface area contributed by atoms with Crippen LogP contribution in [0.1, 0.15) is 15.9 Å². The predicted molar refractivity (Wildman–Crippen MR) is 92.3 cm³/mol. The Bertz CT molecular complexity index is 677. The number of nitrogens with one attached hydrogen (secondary N) is 1. The van der Waals surface area contributed by atoms with Crippen LogP contribution in [-0.4, -0.2) is 26.2 Å². The fraction of sp³-hybridized carbons (Fsp3) is 0.125. The summed E-state index contributed by atoms with van der Waals surface area (Å²) in [5.41, 5.74) is 4.55. The number of carbonyl (C=O) groups excluding carboxylic acids is 1. The summed E-state index contributed by atoms with van der Waals surface area (Å²) in [6.45, 7) is 0. The minimum Gasteiger partial charge on any atom is -0.378 e. The summed E-state index contributed by atoms with van der Waals surface area (Å²) in [6.07, 6.45) is 1.43. The molecule has 0 atom stereocenters. The average molecular weight is 336 g/mol. The third-order valence-electron chi connectivity index (χ3n) is 3.01. The first-order chi connectivity index (χ1) is 10.5. The van der Waals surface area contributed by atoms with E-state index in [0.29, 0.717) is 21.2 Å². The number of hydrogen-bond acceptors (Lipinski definition) is 3. The van der Waals surface area contributed by atoms with Crippen LogP contribution in [0, 0.1) is 0 Å². The normalized spacial score (nSPS) is 10.7. The van der Waals surface area contributed by atoms with Gasteiger partial charge in [-0.2, -0.15) is 5.10 Å². The first-order valence-electron chi connectivity index (χ1n) is 6.54. The van der Waals surface area contributed by atoms with Crippen molar-refractivity contribution < 1.29 is 4.79 Å². The maximum absolute atomic E-state index is 12.0. The molecule has 0 bridgehead atoms. The van der Waals surface area contributed by atoms with Gasteiger partial charge in [0.1, 0.15) is 0 Å². The molecule has 0 saturated heterocycles. The summed E-state index contributed by atoms with van der Waals surface area (Å²) in [5.74, 6) is -0.301. The number of benzene rings is 2. The number of carbonyl (C=O) groups is 1. The second-order valence-electron chi connectivity index (χ2n) is 4.78. The lowest BCUT2D eigenvalue weighted by molar-refractivity contribution is 0.0955. The van der Waals surface area contributed by atoms with E-state index >= 15 is 0 Å². The van der Waals surface area contributed by atoms with Crippen molar-refractivity contribution in [3.63, 3.8) is 0 Å². The Morgan fingerprint density at radius 3 is 2.23 bits per heavy atom. The molecule has 1 N–H and O–H groups in total. The van der Waals surface area contributed by atoms with Crippen molar-refractivity contribution >= 4 is 41.0 Å². The Labute approximate surface area is 139 Å². The summed E-state index contributed by atoms with van der Waals surface area (Å²) < 4.78 is 0. The van der Waals surface area contributed by atoms with Crippen molar-refractivity contribution in [3.8, 4) is 0 Å². The molecule has 1 amide bonds. The van der Waals surface area contributed by atoms with Crippen molar-refractivity contribution in [2.24, 2.45) is 5.10 Å². The van der Waals surface area contributed by atoms with Gasteiger partial charge in [-0.25, -0.2) is 5.43 Å². The Morgan fingerprint density at radius 1 is 1.09 bits per heavy atom. The van der Waals surface area contributed by atoms with Gasteiger partial charge in [0, 0.05) is 30.9 Å². The van der Waals surface area contributed by atoms with Gasteiger partial charge in [-0.3, -0.25) is 4.79 Å². The predicted octanol–water partition coefficient (Wildman–Crippen LogP) is 3.82. The number of nitrogens with zero attached hydrogens (tertiary/aromatic N) is 2. The van der Waals surface area contributed by atoms with E-state index in [4.69, 9.17) is 23.2 Å². The standard InChI is InChI=1S/C16H15Cl2N3O/c1-21(2)12-8-6-11(7-9-12)16(22)20-19-10-13-14(17)4-3-5-15(13)18/h3-10H,1-2H3,(H,20,22). The molecule has 0 fully saturated rings. The molecule has 6 heteroatoms. The third-order valence-corrected chi connectivity index (χ3v) is 3.66. The number of anilines is 1. The van der Waals surface area contributed by atoms with E-state index in [2.05, 4.69) is 10.5 Å². The van der Waals surface area contributed by atoms with Gasteiger partial charge in [0.2, 0.25) is 0 Å². The van der Waals surface area contributed by atoms with Crippen molar-refractivity contribution in [3.05, 3.63) is 63.6 Å². The minimum atomic E-state index is -0.301. The number of hydrazone groups is 1. The second kappa shape index (κ2) is 7.29. The van der Waals surface area contributed by atoms with Crippen molar-refractivity contribution in [2.45, 2.75) is 0 Å². The van der Waals surface area contributed by atoms with Gasteiger partial charge in [-0.15, -0.1) is 0 Å². The zero-order chi connectivity index (χ0) is 16.1.